The SMILES string of the molecule is CCCCCCCCCCCCCCC[n+]1ccc(-c2ccncc2)cc1. The molecule has 148 valence electrons. The van der Waals surface area contributed by atoms with Crippen molar-refractivity contribution in [2.24, 2.45) is 0 Å². The summed E-state index contributed by atoms with van der Waals surface area (Å²) in [7, 11) is 0. The van der Waals surface area contributed by atoms with Gasteiger partial charge in [0.1, 0.15) is 6.54 Å². The molecule has 2 aromatic heterocycles. The summed E-state index contributed by atoms with van der Waals surface area (Å²) in [5.41, 5.74) is 2.50. The fourth-order valence-electron chi connectivity index (χ4n) is 3.66. The lowest BCUT2D eigenvalue weighted by Gasteiger charge is -2.03. The second-order valence-corrected chi connectivity index (χ2v) is 7.80. The number of hydrogen-bond acceptors (Lipinski definition) is 1. The summed E-state index contributed by atoms with van der Waals surface area (Å²) >= 11 is 0. The van der Waals surface area contributed by atoms with Crippen LogP contribution in [0.15, 0.2) is 49.1 Å². The van der Waals surface area contributed by atoms with Gasteiger partial charge in [-0.05, 0) is 29.7 Å². The summed E-state index contributed by atoms with van der Waals surface area (Å²) in [5.74, 6) is 0. The Kier molecular flexibility index (Phi) is 11.5. The number of aromatic nitrogens is 2. The molecule has 0 radical (unpaired) electrons. The molecule has 2 heterocycles. The zero-order chi connectivity index (χ0) is 19.0. The minimum atomic E-state index is 1.13. The lowest BCUT2D eigenvalue weighted by molar-refractivity contribution is -0.697. The highest BCUT2D eigenvalue weighted by Crippen LogP contribution is 2.16. The molecule has 0 amide bonds. The first kappa shape index (κ1) is 21.6. The molecule has 0 fully saturated rings. The van der Waals surface area contributed by atoms with E-state index in [4.69, 9.17) is 0 Å². The van der Waals surface area contributed by atoms with Crippen LogP contribution >= 0.6 is 0 Å². The van der Waals surface area contributed by atoms with Gasteiger partial charge in [-0.3, -0.25) is 4.98 Å². The first-order chi connectivity index (χ1) is 13.4. The fourth-order valence-corrected chi connectivity index (χ4v) is 3.66. The van der Waals surface area contributed by atoms with Crippen molar-refractivity contribution in [2.75, 3.05) is 0 Å². The number of rotatable bonds is 15. The topological polar surface area (TPSA) is 16.8 Å². The van der Waals surface area contributed by atoms with Crippen molar-refractivity contribution in [2.45, 2.75) is 96.9 Å². The van der Waals surface area contributed by atoms with Crippen LogP contribution in [0.4, 0.5) is 0 Å². The second-order valence-electron chi connectivity index (χ2n) is 7.80. The van der Waals surface area contributed by atoms with Gasteiger partial charge in [0.15, 0.2) is 12.4 Å². The Labute approximate surface area is 167 Å². The summed E-state index contributed by atoms with van der Waals surface area (Å²) in [5, 5.41) is 0. The van der Waals surface area contributed by atoms with Gasteiger partial charge >= 0.3 is 0 Å². The smallest absolute Gasteiger partial charge is 0.169 e. The van der Waals surface area contributed by atoms with E-state index >= 15 is 0 Å². The Hall–Kier alpha value is -1.70. The standard InChI is InChI=1S/C25H39N2/c1-2-3-4-5-6-7-8-9-10-11-12-13-14-21-27-22-17-25(18-23-27)24-15-19-26-20-16-24/h15-20,22-23H,2-14,21H2,1H3/q+1. The molecule has 0 bridgehead atoms. The lowest BCUT2D eigenvalue weighted by Crippen LogP contribution is -2.32. The molecule has 2 nitrogen and oxygen atoms in total. The van der Waals surface area contributed by atoms with Gasteiger partial charge in [-0.15, -0.1) is 0 Å². The Morgan fingerprint density at radius 2 is 1.04 bits per heavy atom. The molecule has 2 aromatic rings. The van der Waals surface area contributed by atoms with Gasteiger partial charge in [-0.25, -0.2) is 4.57 Å². The molecule has 27 heavy (non-hydrogen) atoms. The van der Waals surface area contributed by atoms with Crippen molar-refractivity contribution in [3.63, 3.8) is 0 Å². The molecule has 0 unspecified atom stereocenters. The molecular weight excluding hydrogens is 328 g/mol. The van der Waals surface area contributed by atoms with Crippen LogP contribution in [0.2, 0.25) is 0 Å². The average molecular weight is 368 g/mol. The van der Waals surface area contributed by atoms with Gasteiger partial charge in [0, 0.05) is 30.9 Å². The van der Waals surface area contributed by atoms with E-state index in [2.05, 4.69) is 53.1 Å². The van der Waals surface area contributed by atoms with Gasteiger partial charge in [-0.1, -0.05) is 77.6 Å². The summed E-state index contributed by atoms with van der Waals surface area (Å²) in [6, 6.07) is 8.54. The highest BCUT2D eigenvalue weighted by Gasteiger charge is 2.02. The number of hydrogen-bond donors (Lipinski definition) is 0. The molecule has 2 rings (SSSR count). The molecule has 0 saturated heterocycles. The molecule has 2 heteroatoms. The van der Waals surface area contributed by atoms with Gasteiger partial charge in [0.25, 0.3) is 0 Å². The lowest BCUT2D eigenvalue weighted by atomic mass is 10.0. The van der Waals surface area contributed by atoms with E-state index in [-0.39, 0.29) is 0 Å². The van der Waals surface area contributed by atoms with E-state index < -0.39 is 0 Å². The summed E-state index contributed by atoms with van der Waals surface area (Å²) in [6.07, 6.45) is 26.5. The van der Waals surface area contributed by atoms with E-state index in [0.717, 1.165) is 6.54 Å². The van der Waals surface area contributed by atoms with E-state index in [1.807, 2.05) is 12.4 Å². The van der Waals surface area contributed by atoms with E-state index in [0.29, 0.717) is 0 Å². The number of unbranched alkanes of at least 4 members (excludes halogenated alkanes) is 12. The average Bonchev–Trinajstić information content (AvgIpc) is 2.72. The maximum Gasteiger partial charge on any atom is 0.169 e. The van der Waals surface area contributed by atoms with Crippen molar-refractivity contribution in [3.05, 3.63) is 49.1 Å². The fraction of sp³-hybridized carbons (Fsp3) is 0.600. The van der Waals surface area contributed by atoms with Gasteiger partial charge in [-0.2, -0.15) is 0 Å². The maximum atomic E-state index is 4.08. The monoisotopic (exact) mass is 367 g/mol. The Morgan fingerprint density at radius 3 is 1.56 bits per heavy atom. The third-order valence-electron chi connectivity index (χ3n) is 5.42. The van der Waals surface area contributed by atoms with Crippen LogP contribution in [0.3, 0.4) is 0 Å². The summed E-state index contributed by atoms with van der Waals surface area (Å²) in [6.45, 7) is 3.42. The molecule has 0 N–H and O–H groups in total. The molecule has 0 aliphatic rings. The van der Waals surface area contributed by atoms with Crippen LogP contribution in [0.1, 0.15) is 90.4 Å². The third kappa shape index (κ3) is 9.70. The largest absolute Gasteiger partial charge is 0.265 e. The molecule has 0 spiro atoms. The molecule has 0 saturated carbocycles. The Bertz CT molecular complexity index is 577. The minimum absolute atomic E-state index is 1.13. The number of nitrogens with zero attached hydrogens (tertiary/aromatic N) is 2. The van der Waals surface area contributed by atoms with Crippen LogP contribution in [0.25, 0.3) is 11.1 Å². The van der Waals surface area contributed by atoms with Crippen molar-refractivity contribution < 1.29 is 4.57 Å². The number of pyridine rings is 2. The number of aryl methyl sites for hydroxylation is 1. The molecule has 0 aliphatic carbocycles. The zero-order valence-corrected chi connectivity index (χ0v) is 17.4. The highest BCUT2D eigenvalue weighted by molar-refractivity contribution is 5.61. The summed E-state index contributed by atoms with van der Waals surface area (Å²) < 4.78 is 2.31. The minimum Gasteiger partial charge on any atom is -0.265 e. The van der Waals surface area contributed by atoms with E-state index in [9.17, 15) is 0 Å². The molecule has 0 atom stereocenters. The van der Waals surface area contributed by atoms with Crippen LogP contribution in [-0.2, 0) is 6.54 Å². The van der Waals surface area contributed by atoms with Gasteiger partial charge in [0.05, 0.1) is 0 Å². The van der Waals surface area contributed by atoms with Gasteiger partial charge < -0.3 is 0 Å². The van der Waals surface area contributed by atoms with Crippen molar-refractivity contribution >= 4 is 0 Å². The molecule has 0 aromatic carbocycles. The quantitative estimate of drug-likeness (QED) is 0.242. The van der Waals surface area contributed by atoms with Crippen molar-refractivity contribution in [3.8, 4) is 11.1 Å². The van der Waals surface area contributed by atoms with Crippen LogP contribution < -0.4 is 4.57 Å². The van der Waals surface area contributed by atoms with Crippen LogP contribution in [-0.4, -0.2) is 4.98 Å². The molecule has 0 aliphatic heterocycles. The Morgan fingerprint density at radius 1 is 0.593 bits per heavy atom. The van der Waals surface area contributed by atoms with Crippen molar-refractivity contribution in [1.29, 1.82) is 0 Å². The van der Waals surface area contributed by atoms with E-state index in [1.54, 1.807) is 0 Å². The molecular formula is C25H39N2+. The maximum absolute atomic E-state index is 4.08. The predicted octanol–water partition coefficient (Wildman–Crippen LogP) is 7.13. The normalized spacial score (nSPS) is 11.0. The first-order valence-corrected chi connectivity index (χ1v) is 11.3. The predicted molar refractivity (Wildman–Crippen MR) is 116 cm³/mol. The Balaban J connectivity index is 1.44. The third-order valence-corrected chi connectivity index (χ3v) is 5.42. The van der Waals surface area contributed by atoms with E-state index in [1.165, 1.54) is 94.6 Å². The van der Waals surface area contributed by atoms with Crippen molar-refractivity contribution in [1.82, 2.24) is 4.98 Å². The highest BCUT2D eigenvalue weighted by atomic mass is 14.9. The van der Waals surface area contributed by atoms with Crippen LogP contribution in [0.5, 0.6) is 0 Å². The van der Waals surface area contributed by atoms with Gasteiger partial charge in [0.2, 0.25) is 0 Å². The zero-order valence-electron chi connectivity index (χ0n) is 17.4. The summed E-state index contributed by atoms with van der Waals surface area (Å²) in [4.78, 5) is 4.08. The second kappa shape index (κ2) is 14.4. The first-order valence-electron chi connectivity index (χ1n) is 11.3. The van der Waals surface area contributed by atoms with Crippen LogP contribution in [0, 0.1) is 0 Å².